The van der Waals surface area contributed by atoms with Crippen LogP contribution in [0.1, 0.15) is 30.2 Å². The number of aryl methyl sites for hydroxylation is 1. The molecule has 2 atom stereocenters. The van der Waals surface area contributed by atoms with E-state index in [0.29, 0.717) is 42.2 Å². The van der Waals surface area contributed by atoms with Crippen LogP contribution in [0.3, 0.4) is 0 Å². The van der Waals surface area contributed by atoms with Gasteiger partial charge in [-0.1, -0.05) is 48.0 Å². The van der Waals surface area contributed by atoms with Gasteiger partial charge in [0.1, 0.15) is 0 Å². The number of aliphatic hydroxyl groups excluding tert-OH is 1. The first-order valence-electron chi connectivity index (χ1n) is 11.1. The number of rotatable bonds is 9. The minimum Gasteiger partial charge on any atom is -0.396 e. The predicted octanol–water partition coefficient (Wildman–Crippen LogP) is 4.09. The smallest absolute Gasteiger partial charge is 0.264 e. The van der Waals surface area contributed by atoms with E-state index in [-0.39, 0.29) is 12.5 Å². The third-order valence-corrected chi connectivity index (χ3v) is 6.93. The van der Waals surface area contributed by atoms with Crippen LogP contribution in [-0.4, -0.2) is 37.7 Å². The Morgan fingerprint density at radius 2 is 2.09 bits per heavy atom. The summed E-state index contributed by atoms with van der Waals surface area (Å²) in [4.78, 5) is 15.2. The normalized spacial score (nSPS) is 18.6. The van der Waals surface area contributed by atoms with Crippen molar-refractivity contribution in [2.75, 3.05) is 11.5 Å². The number of carbonyl (C=O) groups is 1. The van der Waals surface area contributed by atoms with E-state index in [2.05, 4.69) is 32.9 Å². The van der Waals surface area contributed by atoms with Crippen LogP contribution in [0, 0.1) is 9.49 Å². The SMILES string of the molecule is C[C@@H](/C=C/CCn1cc(CCO)nn1)[C@]1(O)C(=O)N(Cc2cccc(I)c2)c2ccc(Cl)cc21. The Balaban J connectivity index is 1.53. The van der Waals surface area contributed by atoms with Crippen molar-refractivity contribution in [1.29, 1.82) is 0 Å². The lowest BCUT2D eigenvalue weighted by molar-refractivity contribution is -0.139. The number of nitrogens with zero attached hydrogens (tertiary/aromatic N) is 4. The molecule has 0 saturated carbocycles. The number of hydrogen-bond donors (Lipinski definition) is 2. The zero-order chi connectivity index (χ0) is 24.3. The summed E-state index contributed by atoms with van der Waals surface area (Å²) in [6.45, 7) is 2.85. The van der Waals surface area contributed by atoms with Crippen molar-refractivity contribution < 1.29 is 15.0 Å². The Hall–Kier alpha value is -2.27. The fourth-order valence-corrected chi connectivity index (χ4v) is 5.00. The molecule has 1 aromatic heterocycles. The van der Waals surface area contributed by atoms with E-state index in [1.54, 1.807) is 27.8 Å². The Kier molecular flexibility index (Phi) is 7.71. The van der Waals surface area contributed by atoms with Crippen molar-refractivity contribution in [2.24, 2.45) is 5.92 Å². The predicted molar refractivity (Wildman–Crippen MR) is 139 cm³/mol. The molecule has 0 spiro atoms. The Morgan fingerprint density at radius 1 is 1.26 bits per heavy atom. The molecular formula is C25H26ClIN4O3. The first kappa shape index (κ1) is 24.8. The summed E-state index contributed by atoms with van der Waals surface area (Å²) >= 11 is 8.51. The molecule has 1 aliphatic heterocycles. The Morgan fingerprint density at radius 3 is 2.85 bits per heavy atom. The number of aliphatic hydroxyl groups is 2. The third-order valence-electron chi connectivity index (χ3n) is 6.02. The first-order chi connectivity index (χ1) is 16.3. The highest BCUT2D eigenvalue weighted by Crippen LogP contribution is 2.46. The molecule has 3 aromatic rings. The number of anilines is 1. The van der Waals surface area contributed by atoms with Gasteiger partial charge in [0, 0.05) is 45.8 Å². The molecule has 0 fully saturated rings. The van der Waals surface area contributed by atoms with Crippen LogP contribution in [0.15, 0.2) is 60.8 Å². The molecule has 0 radical (unpaired) electrons. The van der Waals surface area contributed by atoms with Crippen LogP contribution in [0.5, 0.6) is 0 Å². The molecule has 2 N–H and O–H groups in total. The van der Waals surface area contributed by atoms with Crippen LogP contribution in [0.4, 0.5) is 5.69 Å². The molecule has 7 nitrogen and oxygen atoms in total. The lowest BCUT2D eigenvalue weighted by Crippen LogP contribution is -2.44. The fourth-order valence-electron chi connectivity index (χ4n) is 4.22. The molecule has 4 rings (SSSR count). The molecular weight excluding hydrogens is 567 g/mol. The maximum absolute atomic E-state index is 13.6. The summed E-state index contributed by atoms with van der Waals surface area (Å²) in [6, 6.07) is 13.2. The van der Waals surface area contributed by atoms with E-state index in [4.69, 9.17) is 16.7 Å². The minimum atomic E-state index is -1.71. The van der Waals surface area contributed by atoms with Crippen molar-refractivity contribution >= 4 is 45.8 Å². The van der Waals surface area contributed by atoms with Gasteiger partial charge in [-0.3, -0.25) is 9.48 Å². The van der Waals surface area contributed by atoms with Gasteiger partial charge in [0.05, 0.1) is 17.9 Å². The largest absolute Gasteiger partial charge is 0.396 e. The van der Waals surface area contributed by atoms with Gasteiger partial charge >= 0.3 is 0 Å². The van der Waals surface area contributed by atoms with Crippen molar-refractivity contribution in [2.45, 2.75) is 38.5 Å². The molecule has 1 amide bonds. The summed E-state index contributed by atoms with van der Waals surface area (Å²) in [5, 5.41) is 29.3. The zero-order valence-electron chi connectivity index (χ0n) is 18.7. The number of allylic oxidation sites excluding steroid dienone is 1. The van der Waals surface area contributed by atoms with Gasteiger partial charge in [-0.05, 0) is 64.9 Å². The Labute approximate surface area is 217 Å². The van der Waals surface area contributed by atoms with E-state index < -0.39 is 11.5 Å². The second-order valence-corrected chi connectivity index (χ2v) is 10.1. The lowest BCUT2D eigenvalue weighted by Gasteiger charge is -2.27. The molecule has 2 heterocycles. The highest BCUT2D eigenvalue weighted by Gasteiger charge is 2.52. The number of fused-ring (bicyclic) bond motifs is 1. The van der Waals surface area contributed by atoms with Gasteiger partial charge in [0.2, 0.25) is 0 Å². The summed E-state index contributed by atoms with van der Waals surface area (Å²) in [6.07, 6.45) is 6.75. The van der Waals surface area contributed by atoms with Crippen LogP contribution >= 0.6 is 34.2 Å². The third kappa shape index (κ3) is 5.05. The number of aromatic nitrogens is 3. The van der Waals surface area contributed by atoms with E-state index in [0.717, 1.165) is 14.8 Å². The lowest BCUT2D eigenvalue weighted by atomic mass is 9.83. The van der Waals surface area contributed by atoms with Gasteiger partial charge in [-0.15, -0.1) is 5.10 Å². The highest BCUT2D eigenvalue weighted by atomic mass is 127. The van der Waals surface area contributed by atoms with E-state index in [9.17, 15) is 9.90 Å². The molecule has 1 aliphatic rings. The van der Waals surface area contributed by atoms with Crippen molar-refractivity contribution in [3.63, 3.8) is 0 Å². The summed E-state index contributed by atoms with van der Waals surface area (Å²) < 4.78 is 2.80. The quantitative estimate of drug-likeness (QED) is 0.289. The van der Waals surface area contributed by atoms with Crippen LogP contribution < -0.4 is 4.90 Å². The van der Waals surface area contributed by atoms with E-state index >= 15 is 0 Å². The van der Waals surface area contributed by atoms with Gasteiger partial charge in [-0.25, -0.2) is 0 Å². The molecule has 0 saturated heterocycles. The molecule has 9 heteroatoms. The second kappa shape index (κ2) is 10.6. The van der Waals surface area contributed by atoms with Crippen molar-refractivity contribution in [1.82, 2.24) is 15.0 Å². The fraction of sp³-hybridized carbons (Fsp3) is 0.320. The van der Waals surface area contributed by atoms with Gasteiger partial charge in [0.15, 0.2) is 5.60 Å². The maximum Gasteiger partial charge on any atom is 0.264 e. The topological polar surface area (TPSA) is 91.5 Å². The molecule has 0 unspecified atom stereocenters. The number of benzene rings is 2. The minimum absolute atomic E-state index is 0.0364. The molecule has 2 aromatic carbocycles. The summed E-state index contributed by atoms with van der Waals surface area (Å²) in [7, 11) is 0. The van der Waals surface area contributed by atoms with Crippen LogP contribution in [-0.2, 0) is 29.9 Å². The molecule has 0 bridgehead atoms. The average molecular weight is 593 g/mol. The number of carbonyl (C=O) groups excluding carboxylic acids is 1. The first-order valence-corrected chi connectivity index (χ1v) is 12.5. The van der Waals surface area contributed by atoms with Gasteiger partial charge in [0.25, 0.3) is 5.91 Å². The van der Waals surface area contributed by atoms with Crippen LogP contribution in [0.25, 0.3) is 0 Å². The van der Waals surface area contributed by atoms with Gasteiger partial charge in [-0.2, -0.15) is 0 Å². The number of hydrogen-bond acceptors (Lipinski definition) is 5. The number of halogens is 2. The second-order valence-electron chi connectivity index (χ2n) is 8.40. The highest BCUT2D eigenvalue weighted by molar-refractivity contribution is 14.1. The van der Waals surface area contributed by atoms with Crippen molar-refractivity contribution in [3.8, 4) is 0 Å². The molecule has 0 aliphatic carbocycles. The molecule has 178 valence electrons. The monoisotopic (exact) mass is 592 g/mol. The molecule has 34 heavy (non-hydrogen) atoms. The standard InChI is InChI=1S/C25H26ClIN4O3/c1-17(5-2-3-11-30-16-21(10-12-32)28-29-30)25(34)22-14-19(26)8-9-23(22)31(24(25)33)15-18-6-4-7-20(27)13-18/h2,4-9,13-14,16-17,32,34H,3,10-12,15H2,1H3/b5-2+/t17-,25+/m0/s1. The average Bonchev–Trinajstić information content (AvgIpc) is 3.34. The number of amides is 1. The van der Waals surface area contributed by atoms with Crippen molar-refractivity contribution in [3.05, 3.63) is 86.2 Å². The zero-order valence-corrected chi connectivity index (χ0v) is 21.6. The van der Waals surface area contributed by atoms with E-state index in [1.807, 2.05) is 49.5 Å². The van der Waals surface area contributed by atoms with Crippen LogP contribution in [0.2, 0.25) is 5.02 Å². The summed E-state index contributed by atoms with van der Waals surface area (Å²) in [5.74, 6) is -0.829. The van der Waals surface area contributed by atoms with E-state index in [1.165, 1.54) is 0 Å². The summed E-state index contributed by atoms with van der Waals surface area (Å²) in [5.41, 5.74) is 1.22. The van der Waals surface area contributed by atoms with Gasteiger partial charge < -0.3 is 15.1 Å². The Bertz CT molecular complexity index is 1210. The maximum atomic E-state index is 13.6.